The summed E-state index contributed by atoms with van der Waals surface area (Å²) < 4.78 is 26.1. The van der Waals surface area contributed by atoms with Crippen LogP contribution in [0.4, 0.5) is 5.69 Å². The molecule has 1 spiro atoms. The zero-order valence-corrected chi connectivity index (χ0v) is 31.6. The van der Waals surface area contributed by atoms with Crippen LogP contribution >= 0.6 is 0 Å². The number of aliphatic hydroxyl groups excluding tert-OH is 4. The second-order valence-electron chi connectivity index (χ2n) is 15.4. The fourth-order valence-corrected chi connectivity index (χ4v) is 9.13. The second kappa shape index (κ2) is 15.2. The monoisotopic (exact) mass is 807 g/mol. The van der Waals surface area contributed by atoms with E-state index in [1.165, 1.54) is 12.1 Å². The number of amides is 1. The molecule has 1 amide bonds. The molecule has 2 bridgehead atoms. The average Bonchev–Trinajstić information content (AvgIpc) is 3.89. The van der Waals surface area contributed by atoms with Gasteiger partial charge in [0.25, 0.3) is 0 Å². The van der Waals surface area contributed by atoms with Crippen molar-refractivity contribution in [2.24, 2.45) is 20.7 Å². The minimum atomic E-state index is -1.82. The van der Waals surface area contributed by atoms with Crippen molar-refractivity contribution in [2.75, 3.05) is 24.8 Å². The summed E-state index contributed by atoms with van der Waals surface area (Å²) in [7, 11) is 0. The van der Waals surface area contributed by atoms with Crippen LogP contribution in [0.2, 0.25) is 0 Å². The lowest BCUT2D eigenvalue weighted by atomic mass is 9.79. The standard InChI is InChI=1S/C42H41N5O12/c43-41-45-38-29(39(55)46-41)44-19-47(38)27-10-4-3-7-22(27)21-12-16-57-42(13-5-6-14-42)37-33(53)32(52)34(54)40(59-37)58-35-25(21)17-26-28(36(35)56-18-20(49)11-15-48)31(51)24-9-2-1-8-23(24)30(26)50/h1-4,7-10,15,17,20-21,32-34,37,40,49,52-54H,5-6,11-14,16,18-19H2,(H2,43,46,55). The third kappa shape index (κ3) is 6.45. The number of aliphatic hydroxyl groups is 4. The van der Waals surface area contributed by atoms with Crippen LogP contribution in [0.1, 0.15) is 87.4 Å². The Bertz CT molecular complexity index is 2350. The molecule has 2 fully saturated rings. The largest absolute Gasteiger partial charge is 0.486 e. The molecule has 3 aromatic rings. The Hall–Kier alpha value is -5.69. The maximum atomic E-state index is 14.5. The van der Waals surface area contributed by atoms with Crippen molar-refractivity contribution in [2.45, 2.75) is 86.9 Å². The molecule has 0 radical (unpaired) electrons. The number of carbonyl (C=O) groups excluding carboxylic acids is 4. The number of anilines is 1. The Labute approximate surface area is 336 Å². The number of fused-ring (bicyclic) bond motifs is 7. The van der Waals surface area contributed by atoms with Crippen molar-refractivity contribution in [1.29, 1.82) is 0 Å². The van der Waals surface area contributed by atoms with Crippen LogP contribution in [0.15, 0.2) is 69.6 Å². The summed E-state index contributed by atoms with van der Waals surface area (Å²) in [5, 5.41) is 45.0. The molecule has 6 aliphatic rings. The van der Waals surface area contributed by atoms with E-state index < -0.39 is 72.4 Å². The summed E-state index contributed by atoms with van der Waals surface area (Å²) in [5.41, 5.74) is 6.36. The minimum Gasteiger partial charge on any atom is -0.486 e. The van der Waals surface area contributed by atoms with Gasteiger partial charge in [0, 0.05) is 46.9 Å². The number of aldehydes is 1. The van der Waals surface area contributed by atoms with Gasteiger partial charge in [0.2, 0.25) is 12.2 Å². The number of nitrogens with two attached hydrogens (primary N) is 1. The third-order valence-corrected chi connectivity index (χ3v) is 12.0. The van der Waals surface area contributed by atoms with Crippen LogP contribution in [0, 0.1) is 0 Å². The highest BCUT2D eigenvalue weighted by Crippen LogP contribution is 2.51. The van der Waals surface area contributed by atoms with Gasteiger partial charge in [-0.2, -0.15) is 9.98 Å². The van der Waals surface area contributed by atoms with Gasteiger partial charge in [-0.05, 0) is 37.0 Å². The van der Waals surface area contributed by atoms with E-state index in [1.807, 2.05) is 6.07 Å². The number of benzene rings is 3. The van der Waals surface area contributed by atoms with Gasteiger partial charge in [0.15, 0.2) is 34.6 Å². The summed E-state index contributed by atoms with van der Waals surface area (Å²) in [5.74, 6) is -2.97. The Morgan fingerprint density at radius 2 is 1.66 bits per heavy atom. The van der Waals surface area contributed by atoms with Crippen molar-refractivity contribution in [3.8, 4) is 11.5 Å². The molecule has 0 aromatic heterocycles. The van der Waals surface area contributed by atoms with E-state index in [0.717, 1.165) is 12.8 Å². The molecule has 7 unspecified atom stereocenters. The number of hydrogen-bond donors (Lipinski definition) is 5. The van der Waals surface area contributed by atoms with E-state index in [4.69, 9.17) is 24.7 Å². The molecule has 1 saturated heterocycles. The maximum Gasteiger partial charge on any atom is 0.302 e. The van der Waals surface area contributed by atoms with E-state index in [0.29, 0.717) is 30.4 Å². The molecule has 7 atom stereocenters. The molecule has 17 heteroatoms. The fraction of sp³-hybridized carbons (Fsp3) is 0.405. The summed E-state index contributed by atoms with van der Waals surface area (Å²) >= 11 is 0. The van der Waals surface area contributed by atoms with Gasteiger partial charge in [0.05, 0.1) is 17.3 Å². The molecule has 9 rings (SSSR count). The number of guanidine groups is 1. The number of ether oxygens (including phenoxy) is 4. The van der Waals surface area contributed by atoms with E-state index in [9.17, 15) is 39.6 Å². The topological polar surface area (TPSA) is 252 Å². The van der Waals surface area contributed by atoms with Crippen LogP contribution in [0.25, 0.3) is 0 Å². The van der Waals surface area contributed by atoms with Gasteiger partial charge in [-0.15, -0.1) is 0 Å². The molecule has 2 aliphatic carbocycles. The van der Waals surface area contributed by atoms with Crippen LogP contribution in [-0.2, 0) is 19.1 Å². The van der Waals surface area contributed by atoms with Crippen LogP contribution in [0.5, 0.6) is 11.5 Å². The fourth-order valence-electron chi connectivity index (χ4n) is 9.13. The first kappa shape index (κ1) is 38.8. The smallest absolute Gasteiger partial charge is 0.302 e. The normalized spacial score (nSPS) is 27.6. The number of amidine groups is 1. The quantitative estimate of drug-likeness (QED) is 0.165. The van der Waals surface area contributed by atoms with Gasteiger partial charge in [0.1, 0.15) is 44.0 Å². The van der Waals surface area contributed by atoms with Gasteiger partial charge in [-0.1, -0.05) is 55.3 Å². The number of carbonyl (C=O) groups is 4. The summed E-state index contributed by atoms with van der Waals surface area (Å²) in [6.45, 7) is -0.466. The zero-order chi connectivity index (χ0) is 41.2. The predicted octanol–water partition coefficient (Wildman–Crippen LogP) is 1.31. The van der Waals surface area contributed by atoms with Crippen molar-refractivity contribution < 1.29 is 58.6 Å². The van der Waals surface area contributed by atoms with Gasteiger partial charge >= 0.3 is 5.91 Å². The third-order valence-electron chi connectivity index (χ3n) is 12.0. The predicted molar refractivity (Wildman–Crippen MR) is 208 cm³/mol. The minimum absolute atomic E-state index is 0.00802. The first-order valence-electron chi connectivity index (χ1n) is 19.5. The molecule has 4 heterocycles. The van der Waals surface area contributed by atoms with E-state index in [2.05, 4.69) is 15.0 Å². The number of aliphatic imine (C=N–C) groups is 3. The summed E-state index contributed by atoms with van der Waals surface area (Å²) in [6, 6.07) is 15.1. The first-order chi connectivity index (χ1) is 28.5. The lowest BCUT2D eigenvalue weighted by molar-refractivity contribution is -0.309. The van der Waals surface area contributed by atoms with Crippen molar-refractivity contribution in [3.05, 3.63) is 88.0 Å². The van der Waals surface area contributed by atoms with Gasteiger partial charge < -0.3 is 54.8 Å². The van der Waals surface area contributed by atoms with Gasteiger partial charge in [-0.3, -0.25) is 19.4 Å². The molecular weight excluding hydrogens is 766 g/mol. The number of nitrogens with zero attached hydrogens (tertiary/aromatic N) is 4. The Morgan fingerprint density at radius 3 is 2.42 bits per heavy atom. The number of hydrogen-bond acceptors (Lipinski definition) is 16. The zero-order valence-electron chi connectivity index (χ0n) is 31.6. The average molecular weight is 808 g/mol. The van der Waals surface area contributed by atoms with E-state index in [-0.39, 0.29) is 82.9 Å². The molecule has 4 aliphatic heterocycles. The van der Waals surface area contributed by atoms with Crippen molar-refractivity contribution >= 4 is 47.0 Å². The number of rotatable bonds is 7. The molecule has 6 N–H and O–H groups in total. The Morgan fingerprint density at radius 1 is 0.932 bits per heavy atom. The number of para-hydroxylation sites is 1. The molecule has 59 heavy (non-hydrogen) atoms. The van der Waals surface area contributed by atoms with Crippen LogP contribution < -0.4 is 20.1 Å². The molecule has 3 aromatic carbocycles. The lowest BCUT2D eigenvalue weighted by Crippen LogP contribution is -2.65. The van der Waals surface area contributed by atoms with Crippen molar-refractivity contribution in [1.82, 2.24) is 0 Å². The SMILES string of the molecule is NC1=NC(=O)C2=NCN(c3ccccc3C3CCOC4(CCCC4)C4OC(Oc5c3cc3c(c5OCC(O)CC=O)C(=O)c5ccccc5C3=O)C(O)C(O)C4O)C2=N1. The van der Waals surface area contributed by atoms with E-state index >= 15 is 0 Å². The molecule has 1 saturated carbocycles. The van der Waals surface area contributed by atoms with Gasteiger partial charge in [-0.25, -0.2) is 0 Å². The Balaban J connectivity index is 1.29. The molecule has 17 nitrogen and oxygen atoms in total. The van der Waals surface area contributed by atoms with Crippen LogP contribution in [0.3, 0.4) is 0 Å². The summed E-state index contributed by atoms with van der Waals surface area (Å²) in [6.07, 6.45) is -6.45. The highest BCUT2D eigenvalue weighted by molar-refractivity contribution is 6.72. The second-order valence-corrected chi connectivity index (χ2v) is 15.4. The Kier molecular flexibility index (Phi) is 9.97. The highest BCUT2D eigenvalue weighted by Gasteiger charge is 2.56. The number of ketones is 2. The molecular formula is C42H41N5O12. The van der Waals surface area contributed by atoms with Crippen molar-refractivity contribution in [3.63, 3.8) is 0 Å². The molecule has 306 valence electrons. The highest BCUT2D eigenvalue weighted by atomic mass is 16.7. The van der Waals surface area contributed by atoms with Crippen LogP contribution in [-0.4, -0.2) is 124 Å². The van der Waals surface area contributed by atoms with E-state index in [1.54, 1.807) is 41.3 Å². The lowest BCUT2D eigenvalue weighted by Gasteiger charge is -2.47. The first-order valence-corrected chi connectivity index (χ1v) is 19.5. The summed E-state index contributed by atoms with van der Waals surface area (Å²) in [4.78, 5) is 67.5. The maximum absolute atomic E-state index is 14.5.